The van der Waals surface area contributed by atoms with Gasteiger partial charge in [-0.05, 0) is 12.5 Å². The number of aromatic nitrogens is 2. The van der Waals surface area contributed by atoms with Crippen LogP contribution >= 0.6 is 11.3 Å². The lowest BCUT2D eigenvalue weighted by molar-refractivity contribution is -0.112. The fraction of sp³-hybridized carbons (Fsp3) is 0.167. The molecule has 0 aliphatic rings. The quantitative estimate of drug-likeness (QED) is 0.441. The van der Waals surface area contributed by atoms with E-state index in [9.17, 15) is 14.7 Å². The fourth-order valence-corrected chi connectivity index (χ4v) is 3.03. The number of carbonyl (C=O) groups is 2. The molecule has 0 fully saturated rings. The van der Waals surface area contributed by atoms with E-state index in [4.69, 9.17) is 0 Å². The van der Waals surface area contributed by atoms with Crippen molar-refractivity contribution >= 4 is 34.4 Å². The van der Waals surface area contributed by atoms with Crippen molar-refractivity contribution in [1.29, 1.82) is 0 Å². The van der Waals surface area contributed by atoms with Gasteiger partial charge in [-0.15, -0.1) is 11.3 Å². The average molecular weight is 370 g/mol. The lowest BCUT2D eigenvalue weighted by Gasteiger charge is -2.07. The molecule has 0 radical (unpaired) electrons. The van der Waals surface area contributed by atoms with Crippen LogP contribution in [0.4, 0.5) is 5.00 Å². The molecule has 0 aliphatic heterocycles. The first-order valence-electron chi connectivity index (χ1n) is 7.72. The van der Waals surface area contributed by atoms with Crippen molar-refractivity contribution < 1.29 is 14.7 Å². The minimum atomic E-state index is -1.16. The number of carboxylic acid groups (broad SMARTS) is 1. The van der Waals surface area contributed by atoms with E-state index >= 15 is 0 Å². The lowest BCUT2D eigenvalue weighted by Crippen LogP contribution is -2.16. The maximum atomic E-state index is 12.5. The van der Waals surface area contributed by atoms with Crippen molar-refractivity contribution in [1.82, 2.24) is 9.97 Å². The van der Waals surface area contributed by atoms with Crippen LogP contribution in [-0.4, -0.2) is 40.2 Å². The molecule has 0 spiro atoms. The van der Waals surface area contributed by atoms with E-state index in [2.05, 4.69) is 26.9 Å². The molecule has 7 nitrogen and oxygen atoms in total. The molecule has 26 heavy (non-hydrogen) atoms. The van der Waals surface area contributed by atoms with E-state index in [-0.39, 0.29) is 10.6 Å². The SMILES string of the molecule is C=C(C=C(C=NC)C(=O)Nc1scc(-c2cnccn2)c1C(=O)O)CC. The molecular formula is C18H18N4O3S. The van der Waals surface area contributed by atoms with Crippen LogP contribution < -0.4 is 5.32 Å². The van der Waals surface area contributed by atoms with E-state index in [0.29, 0.717) is 23.3 Å². The maximum absolute atomic E-state index is 12.5. The van der Waals surface area contributed by atoms with Crippen LogP contribution in [0.15, 0.2) is 52.8 Å². The van der Waals surface area contributed by atoms with Gasteiger partial charge in [0.25, 0.3) is 5.91 Å². The van der Waals surface area contributed by atoms with E-state index in [1.165, 1.54) is 24.8 Å². The average Bonchev–Trinajstić information content (AvgIpc) is 3.05. The maximum Gasteiger partial charge on any atom is 0.339 e. The minimum Gasteiger partial charge on any atom is -0.478 e. The Balaban J connectivity index is 2.39. The molecule has 0 saturated carbocycles. The molecule has 1 amide bonds. The third kappa shape index (κ3) is 4.48. The van der Waals surface area contributed by atoms with Gasteiger partial charge in [0.15, 0.2) is 0 Å². The van der Waals surface area contributed by atoms with E-state index < -0.39 is 11.9 Å². The number of amides is 1. The molecule has 2 N–H and O–H groups in total. The molecule has 0 atom stereocenters. The smallest absolute Gasteiger partial charge is 0.339 e. The molecule has 0 aliphatic carbocycles. The Morgan fingerprint density at radius 1 is 1.42 bits per heavy atom. The predicted octanol–water partition coefficient (Wildman–Crippen LogP) is 3.44. The minimum absolute atomic E-state index is 0.0223. The number of anilines is 1. The number of carboxylic acids is 1. The molecular weight excluding hydrogens is 352 g/mol. The third-order valence-electron chi connectivity index (χ3n) is 3.42. The number of hydrogen-bond donors (Lipinski definition) is 2. The zero-order valence-corrected chi connectivity index (χ0v) is 15.2. The Hall–Kier alpha value is -3.13. The van der Waals surface area contributed by atoms with Crippen molar-refractivity contribution in [2.75, 3.05) is 12.4 Å². The standard InChI is InChI=1S/C18H18N4O3S/c1-4-11(2)7-12(8-19-3)16(23)22-17-15(18(24)25)13(10-26-17)14-9-20-5-6-21-14/h5-10H,2,4H2,1,3H3,(H,22,23)(H,24,25). The van der Waals surface area contributed by atoms with Gasteiger partial charge < -0.3 is 10.4 Å². The summed E-state index contributed by atoms with van der Waals surface area (Å²) < 4.78 is 0. The van der Waals surface area contributed by atoms with Crippen LogP contribution in [-0.2, 0) is 4.79 Å². The van der Waals surface area contributed by atoms with Gasteiger partial charge in [-0.3, -0.25) is 19.8 Å². The summed E-state index contributed by atoms with van der Waals surface area (Å²) in [5, 5.41) is 14.1. The van der Waals surface area contributed by atoms with Crippen LogP contribution in [0.3, 0.4) is 0 Å². The first-order valence-corrected chi connectivity index (χ1v) is 8.60. The van der Waals surface area contributed by atoms with Gasteiger partial charge in [-0.25, -0.2) is 4.79 Å². The highest BCUT2D eigenvalue weighted by atomic mass is 32.1. The summed E-state index contributed by atoms with van der Waals surface area (Å²) >= 11 is 1.11. The molecule has 134 valence electrons. The van der Waals surface area contributed by atoms with Crippen LogP contribution in [0.5, 0.6) is 0 Å². The lowest BCUT2D eigenvalue weighted by atomic mass is 10.1. The van der Waals surface area contributed by atoms with E-state index in [0.717, 1.165) is 16.9 Å². The Bertz CT molecular complexity index is 885. The van der Waals surface area contributed by atoms with Crippen molar-refractivity contribution in [2.45, 2.75) is 13.3 Å². The van der Waals surface area contributed by atoms with Crippen molar-refractivity contribution in [2.24, 2.45) is 4.99 Å². The number of nitrogens with one attached hydrogen (secondary N) is 1. The summed E-state index contributed by atoms with van der Waals surface area (Å²) in [6.07, 6.45) is 8.17. The van der Waals surface area contributed by atoms with Gasteiger partial charge in [0.1, 0.15) is 10.6 Å². The summed E-state index contributed by atoms with van der Waals surface area (Å²) in [6, 6.07) is 0. The zero-order valence-electron chi connectivity index (χ0n) is 14.4. The number of carbonyl (C=O) groups excluding carboxylic acids is 1. The number of aromatic carboxylic acids is 1. The fourth-order valence-electron chi connectivity index (χ4n) is 2.09. The summed E-state index contributed by atoms with van der Waals surface area (Å²) in [4.78, 5) is 36.2. The second kappa shape index (κ2) is 8.82. The third-order valence-corrected chi connectivity index (χ3v) is 4.31. The molecule has 2 heterocycles. The number of nitrogens with zero attached hydrogens (tertiary/aromatic N) is 3. The molecule has 0 unspecified atom stereocenters. The Morgan fingerprint density at radius 2 is 2.19 bits per heavy atom. The molecule has 2 aromatic rings. The largest absolute Gasteiger partial charge is 0.478 e. The Kier molecular flexibility index (Phi) is 6.51. The summed E-state index contributed by atoms with van der Waals surface area (Å²) in [5.41, 5.74) is 1.86. The predicted molar refractivity (Wildman–Crippen MR) is 103 cm³/mol. The summed E-state index contributed by atoms with van der Waals surface area (Å²) in [6.45, 7) is 5.77. The highest BCUT2D eigenvalue weighted by molar-refractivity contribution is 7.15. The molecule has 0 bridgehead atoms. The van der Waals surface area contributed by atoms with Crippen LogP contribution in [0.1, 0.15) is 23.7 Å². The normalized spacial score (nSPS) is 11.5. The first kappa shape index (κ1) is 19.2. The number of allylic oxidation sites excluding steroid dienone is 2. The molecule has 2 rings (SSSR count). The second-order valence-electron chi connectivity index (χ2n) is 5.20. The van der Waals surface area contributed by atoms with Gasteiger partial charge >= 0.3 is 5.97 Å². The highest BCUT2D eigenvalue weighted by Gasteiger charge is 2.22. The van der Waals surface area contributed by atoms with Gasteiger partial charge in [0.2, 0.25) is 0 Å². The number of aliphatic imine (C=N–C) groups is 1. The summed E-state index contributed by atoms with van der Waals surface area (Å²) in [7, 11) is 1.55. The molecule has 0 saturated heterocycles. The first-order chi connectivity index (χ1) is 12.5. The van der Waals surface area contributed by atoms with E-state index in [1.54, 1.807) is 18.5 Å². The van der Waals surface area contributed by atoms with Crippen molar-refractivity contribution in [3.05, 3.63) is 53.3 Å². The second-order valence-corrected chi connectivity index (χ2v) is 6.08. The molecule has 0 aromatic carbocycles. The number of hydrogen-bond acceptors (Lipinski definition) is 6. The topological polar surface area (TPSA) is 105 Å². The van der Waals surface area contributed by atoms with Gasteiger partial charge in [-0.1, -0.05) is 19.1 Å². The van der Waals surface area contributed by atoms with Crippen LogP contribution in [0.2, 0.25) is 0 Å². The van der Waals surface area contributed by atoms with Gasteiger partial charge in [-0.2, -0.15) is 0 Å². The number of thiophene rings is 1. The Labute approximate surface area is 154 Å². The van der Waals surface area contributed by atoms with Crippen molar-refractivity contribution in [3.8, 4) is 11.3 Å². The van der Waals surface area contributed by atoms with E-state index in [1.807, 2.05) is 6.92 Å². The highest BCUT2D eigenvalue weighted by Crippen LogP contribution is 2.34. The summed E-state index contributed by atoms with van der Waals surface area (Å²) in [5.74, 6) is -1.62. The van der Waals surface area contributed by atoms with Gasteiger partial charge in [0.05, 0.1) is 17.5 Å². The zero-order chi connectivity index (χ0) is 19.1. The van der Waals surface area contributed by atoms with Crippen LogP contribution in [0, 0.1) is 0 Å². The monoisotopic (exact) mass is 370 g/mol. The van der Waals surface area contributed by atoms with Crippen LogP contribution in [0.25, 0.3) is 11.3 Å². The van der Waals surface area contributed by atoms with Crippen molar-refractivity contribution in [3.63, 3.8) is 0 Å². The molecule has 2 aromatic heterocycles. The Morgan fingerprint density at radius 3 is 2.77 bits per heavy atom. The number of rotatable bonds is 7. The van der Waals surface area contributed by atoms with Gasteiger partial charge in [0, 0.05) is 36.6 Å². The molecule has 8 heteroatoms.